The van der Waals surface area contributed by atoms with Crippen molar-refractivity contribution in [1.82, 2.24) is 20.2 Å². The number of rotatable bonds is 6. The Morgan fingerprint density at radius 2 is 1.82 bits per heavy atom. The smallest absolute Gasteiger partial charge is 0.481 e. The number of halogens is 3. The number of para-hydroxylation sites is 1. The van der Waals surface area contributed by atoms with E-state index in [9.17, 15) is 22.8 Å². The van der Waals surface area contributed by atoms with Crippen molar-refractivity contribution in [3.63, 3.8) is 0 Å². The summed E-state index contributed by atoms with van der Waals surface area (Å²) in [6.45, 7) is 0.635. The van der Waals surface area contributed by atoms with Crippen LogP contribution < -0.4 is 14.8 Å². The molecule has 202 valence electrons. The topological polar surface area (TPSA) is 96.5 Å². The van der Waals surface area contributed by atoms with E-state index in [-0.39, 0.29) is 17.4 Å². The van der Waals surface area contributed by atoms with Crippen molar-refractivity contribution < 1.29 is 32.2 Å². The van der Waals surface area contributed by atoms with Crippen LogP contribution in [0.2, 0.25) is 0 Å². The minimum absolute atomic E-state index is 0.209. The molecule has 8 nitrogen and oxygen atoms in total. The van der Waals surface area contributed by atoms with Gasteiger partial charge in [0.1, 0.15) is 11.4 Å². The molecule has 1 fully saturated rings. The van der Waals surface area contributed by atoms with Gasteiger partial charge in [-0.2, -0.15) is 0 Å². The molecule has 0 radical (unpaired) electrons. The van der Waals surface area contributed by atoms with Gasteiger partial charge in [0.25, 0.3) is 11.8 Å². The number of amides is 2. The molecule has 1 aliphatic rings. The zero-order valence-corrected chi connectivity index (χ0v) is 20.9. The van der Waals surface area contributed by atoms with Crippen LogP contribution in [0, 0.1) is 0 Å². The first-order chi connectivity index (χ1) is 18.7. The summed E-state index contributed by atoms with van der Waals surface area (Å²) in [5.41, 5.74) is 1.76. The van der Waals surface area contributed by atoms with Gasteiger partial charge in [0.05, 0.1) is 24.4 Å². The van der Waals surface area contributed by atoms with E-state index in [0.29, 0.717) is 36.6 Å². The summed E-state index contributed by atoms with van der Waals surface area (Å²) in [6.07, 6.45) is -2.94. The number of alkyl halides is 3. The van der Waals surface area contributed by atoms with Crippen LogP contribution in [-0.2, 0) is 0 Å². The molecule has 0 aliphatic carbocycles. The molecule has 4 aromatic rings. The van der Waals surface area contributed by atoms with E-state index >= 15 is 0 Å². The largest absolute Gasteiger partial charge is 0.573 e. The van der Waals surface area contributed by atoms with Crippen molar-refractivity contribution in [1.29, 1.82) is 0 Å². The number of piperidine rings is 1. The molecule has 0 saturated carbocycles. The monoisotopic (exact) mass is 538 g/mol. The zero-order valence-electron chi connectivity index (χ0n) is 20.9. The molecule has 2 aromatic carbocycles. The highest BCUT2D eigenvalue weighted by Crippen LogP contribution is 2.31. The number of carbonyl (C=O) groups is 2. The standard InChI is InChI=1S/C28H25F3N4O4/c1-38-25-14-18-13-22(33-23(18)15-32-25)27(37)35-12-11-21(20(16-35)17-7-3-2-4-8-17)34-26(36)19-9-5-6-10-24(19)39-28(29,30)31/h2-10,13-15,20-21,33H,11-12,16H2,1H3,(H,34,36)/t20-,21-/m1/s1. The number of nitrogens with one attached hydrogen (secondary N) is 2. The molecule has 11 heteroatoms. The lowest BCUT2D eigenvalue weighted by molar-refractivity contribution is -0.274. The first-order valence-corrected chi connectivity index (χ1v) is 12.2. The van der Waals surface area contributed by atoms with E-state index in [1.807, 2.05) is 30.3 Å². The number of ether oxygens (including phenoxy) is 2. The molecule has 1 saturated heterocycles. The van der Waals surface area contributed by atoms with Gasteiger partial charge in [0, 0.05) is 36.5 Å². The summed E-state index contributed by atoms with van der Waals surface area (Å²) in [5, 5.41) is 3.67. The fraction of sp³-hybridized carbons (Fsp3) is 0.250. The number of nitrogens with zero attached hydrogens (tertiary/aromatic N) is 2. The second-order valence-electron chi connectivity index (χ2n) is 9.18. The Hall–Kier alpha value is -4.54. The Balaban J connectivity index is 1.37. The van der Waals surface area contributed by atoms with Crippen LogP contribution in [0.4, 0.5) is 13.2 Å². The van der Waals surface area contributed by atoms with Crippen molar-refractivity contribution >= 4 is 22.7 Å². The van der Waals surface area contributed by atoms with Crippen molar-refractivity contribution in [2.45, 2.75) is 24.7 Å². The molecule has 0 bridgehead atoms. The van der Waals surface area contributed by atoms with E-state index in [1.165, 1.54) is 25.3 Å². The third-order valence-corrected chi connectivity index (χ3v) is 6.72. The second kappa shape index (κ2) is 10.7. The highest BCUT2D eigenvalue weighted by atomic mass is 19.4. The van der Waals surface area contributed by atoms with Crippen molar-refractivity contribution in [2.75, 3.05) is 20.2 Å². The average Bonchev–Trinajstić information content (AvgIpc) is 3.36. The number of likely N-dealkylation sites (tertiary alicyclic amines) is 1. The van der Waals surface area contributed by atoms with Crippen LogP contribution in [0.25, 0.3) is 10.9 Å². The summed E-state index contributed by atoms with van der Waals surface area (Å²) in [6, 6.07) is 17.7. The van der Waals surface area contributed by atoms with E-state index in [0.717, 1.165) is 17.0 Å². The van der Waals surface area contributed by atoms with Gasteiger partial charge in [-0.25, -0.2) is 4.98 Å². The van der Waals surface area contributed by atoms with Crippen LogP contribution in [0.15, 0.2) is 72.9 Å². The third-order valence-electron chi connectivity index (χ3n) is 6.72. The van der Waals surface area contributed by atoms with Gasteiger partial charge in [-0.15, -0.1) is 13.2 Å². The Morgan fingerprint density at radius 3 is 2.56 bits per heavy atom. The summed E-state index contributed by atoms with van der Waals surface area (Å²) in [4.78, 5) is 35.6. The van der Waals surface area contributed by atoms with Crippen LogP contribution in [0.3, 0.4) is 0 Å². The average molecular weight is 539 g/mol. The Bertz CT molecular complexity index is 1490. The molecule has 2 atom stereocenters. The molecule has 2 amide bonds. The Labute approximate surface area is 221 Å². The number of hydrogen-bond donors (Lipinski definition) is 2. The maximum absolute atomic E-state index is 13.5. The lowest BCUT2D eigenvalue weighted by Crippen LogP contribution is -2.51. The number of benzene rings is 2. The van der Waals surface area contributed by atoms with Crippen LogP contribution in [0.5, 0.6) is 11.6 Å². The molecule has 1 aliphatic heterocycles. The lowest BCUT2D eigenvalue weighted by Gasteiger charge is -2.39. The molecule has 2 aromatic heterocycles. The van der Waals surface area contributed by atoms with Gasteiger partial charge in [-0.3, -0.25) is 9.59 Å². The van der Waals surface area contributed by atoms with Gasteiger partial charge in [-0.1, -0.05) is 42.5 Å². The van der Waals surface area contributed by atoms with Gasteiger partial charge in [-0.05, 0) is 30.2 Å². The summed E-state index contributed by atoms with van der Waals surface area (Å²) < 4.78 is 47.9. The number of methoxy groups -OCH3 is 1. The summed E-state index contributed by atoms with van der Waals surface area (Å²) in [5.74, 6) is -1.33. The second-order valence-corrected chi connectivity index (χ2v) is 9.18. The van der Waals surface area contributed by atoms with Gasteiger partial charge in [0.2, 0.25) is 5.88 Å². The van der Waals surface area contributed by atoms with E-state index < -0.39 is 24.1 Å². The zero-order chi connectivity index (χ0) is 27.6. The Kier molecular flexibility index (Phi) is 7.14. The van der Waals surface area contributed by atoms with Crippen molar-refractivity contribution in [2.24, 2.45) is 0 Å². The number of hydrogen-bond acceptors (Lipinski definition) is 5. The highest BCUT2D eigenvalue weighted by Gasteiger charge is 2.36. The molecular formula is C28H25F3N4O4. The predicted molar refractivity (Wildman–Crippen MR) is 137 cm³/mol. The number of pyridine rings is 1. The number of carbonyl (C=O) groups excluding carboxylic acids is 2. The maximum atomic E-state index is 13.5. The van der Waals surface area contributed by atoms with E-state index in [4.69, 9.17) is 4.74 Å². The summed E-state index contributed by atoms with van der Waals surface area (Å²) in [7, 11) is 1.52. The molecule has 0 unspecified atom stereocenters. The molecular weight excluding hydrogens is 513 g/mol. The third kappa shape index (κ3) is 5.82. The van der Waals surface area contributed by atoms with E-state index in [2.05, 4.69) is 20.0 Å². The van der Waals surface area contributed by atoms with Crippen LogP contribution >= 0.6 is 0 Å². The van der Waals surface area contributed by atoms with Crippen molar-refractivity contribution in [3.05, 3.63) is 89.7 Å². The van der Waals surface area contributed by atoms with Gasteiger partial charge in [0.15, 0.2) is 0 Å². The quantitative estimate of drug-likeness (QED) is 0.364. The minimum Gasteiger partial charge on any atom is -0.481 e. The maximum Gasteiger partial charge on any atom is 0.573 e. The number of fused-ring (bicyclic) bond motifs is 1. The van der Waals surface area contributed by atoms with Gasteiger partial charge < -0.3 is 24.7 Å². The fourth-order valence-electron chi connectivity index (χ4n) is 4.87. The number of aromatic amines is 1. The van der Waals surface area contributed by atoms with Crippen LogP contribution in [0.1, 0.15) is 38.7 Å². The Morgan fingerprint density at radius 1 is 1.08 bits per heavy atom. The lowest BCUT2D eigenvalue weighted by atomic mass is 9.85. The van der Waals surface area contributed by atoms with Gasteiger partial charge >= 0.3 is 6.36 Å². The molecule has 2 N–H and O–H groups in total. The minimum atomic E-state index is -4.93. The van der Waals surface area contributed by atoms with Crippen LogP contribution in [-0.4, -0.2) is 59.3 Å². The molecule has 0 spiro atoms. The summed E-state index contributed by atoms with van der Waals surface area (Å²) >= 11 is 0. The van der Waals surface area contributed by atoms with E-state index in [1.54, 1.807) is 23.2 Å². The molecule has 39 heavy (non-hydrogen) atoms. The highest BCUT2D eigenvalue weighted by molar-refractivity contribution is 5.98. The first-order valence-electron chi connectivity index (χ1n) is 12.2. The first kappa shape index (κ1) is 26.1. The fourth-order valence-corrected chi connectivity index (χ4v) is 4.87. The number of aromatic nitrogens is 2. The number of H-pyrrole nitrogens is 1. The molecule has 5 rings (SSSR count). The SMILES string of the molecule is COc1cc2cc(C(=O)N3CC[C@@H](NC(=O)c4ccccc4OC(F)(F)F)[C@@H](c4ccccc4)C3)[nH]c2cn1. The molecule has 3 heterocycles. The van der Waals surface area contributed by atoms with Crippen molar-refractivity contribution in [3.8, 4) is 11.6 Å². The normalized spacial score (nSPS) is 17.6. The predicted octanol–water partition coefficient (Wildman–Crippen LogP) is 4.90.